The number of likely N-dealkylation sites (tertiary alicyclic amines) is 1. The molecule has 2 fully saturated rings. The summed E-state index contributed by atoms with van der Waals surface area (Å²) in [6.45, 7) is 11.6. The average molecular weight is 450 g/mol. The molecule has 2 unspecified atom stereocenters. The van der Waals surface area contributed by atoms with Gasteiger partial charge in [-0.15, -0.1) is 0 Å². The van der Waals surface area contributed by atoms with E-state index in [0.717, 1.165) is 17.8 Å². The molecule has 8 nitrogen and oxygen atoms in total. The van der Waals surface area contributed by atoms with Gasteiger partial charge in [0.1, 0.15) is 6.04 Å². The molecule has 0 aromatic carbocycles. The number of aryl methyl sites for hydroxylation is 2. The van der Waals surface area contributed by atoms with Crippen LogP contribution in [0.5, 0.6) is 0 Å². The molecule has 2 amide bonds. The number of hydrogen-bond donors (Lipinski definition) is 0. The lowest BCUT2D eigenvalue weighted by atomic mass is 9.91. The van der Waals surface area contributed by atoms with E-state index in [-0.39, 0.29) is 11.3 Å². The van der Waals surface area contributed by atoms with Crippen molar-refractivity contribution in [2.24, 2.45) is 9.78 Å². The van der Waals surface area contributed by atoms with E-state index in [1.807, 2.05) is 45.6 Å². The van der Waals surface area contributed by atoms with Crippen molar-refractivity contribution in [2.75, 3.05) is 36.0 Å². The SMILES string of the molecule is Cc1cc(C)nc(N2CCCS(=O)(=NC(=O)C3CCCN3C(=O)CC(C)(C)C)CC2)n1. The molecule has 0 N–H and O–H groups in total. The van der Waals surface area contributed by atoms with Gasteiger partial charge in [-0.25, -0.2) is 14.2 Å². The normalized spacial score (nSPS) is 24.7. The first-order valence-electron chi connectivity index (χ1n) is 11.1. The third-order valence-corrected chi connectivity index (χ3v) is 7.88. The minimum Gasteiger partial charge on any atom is -0.340 e. The summed E-state index contributed by atoms with van der Waals surface area (Å²) in [7, 11) is -2.67. The van der Waals surface area contributed by atoms with Crippen LogP contribution in [0.4, 0.5) is 5.95 Å². The average Bonchev–Trinajstić information content (AvgIpc) is 3.05. The lowest BCUT2D eigenvalue weighted by Gasteiger charge is -2.26. The zero-order valence-corrected chi connectivity index (χ0v) is 20.2. The van der Waals surface area contributed by atoms with Gasteiger partial charge in [0.15, 0.2) is 0 Å². The highest BCUT2D eigenvalue weighted by Crippen LogP contribution is 2.26. The number of anilines is 1. The van der Waals surface area contributed by atoms with E-state index in [2.05, 4.69) is 14.3 Å². The molecule has 2 atom stereocenters. The fourth-order valence-electron chi connectivity index (χ4n) is 4.19. The van der Waals surface area contributed by atoms with Gasteiger partial charge in [0.2, 0.25) is 11.9 Å². The van der Waals surface area contributed by atoms with Crippen LogP contribution in [0.15, 0.2) is 10.4 Å². The van der Waals surface area contributed by atoms with Crippen molar-refractivity contribution in [3.63, 3.8) is 0 Å². The summed E-state index contributed by atoms with van der Waals surface area (Å²) in [5.74, 6) is 0.899. The van der Waals surface area contributed by atoms with Crippen molar-refractivity contribution >= 4 is 27.5 Å². The van der Waals surface area contributed by atoms with E-state index in [9.17, 15) is 13.8 Å². The van der Waals surface area contributed by atoms with Crippen LogP contribution in [0.3, 0.4) is 0 Å². The summed E-state index contributed by atoms with van der Waals surface area (Å²) in [5.41, 5.74) is 1.65. The van der Waals surface area contributed by atoms with Gasteiger partial charge >= 0.3 is 0 Å². The zero-order valence-electron chi connectivity index (χ0n) is 19.4. The molecule has 0 radical (unpaired) electrons. The number of nitrogens with zero attached hydrogens (tertiary/aromatic N) is 5. The second kappa shape index (κ2) is 9.22. The molecule has 0 spiro atoms. The van der Waals surface area contributed by atoms with Crippen LogP contribution in [-0.2, 0) is 19.3 Å². The first-order chi connectivity index (χ1) is 14.5. The van der Waals surface area contributed by atoms with E-state index in [0.29, 0.717) is 56.4 Å². The number of rotatable bonds is 3. The van der Waals surface area contributed by atoms with Crippen LogP contribution in [0.2, 0.25) is 0 Å². The Morgan fingerprint density at radius 3 is 2.42 bits per heavy atom. The Balaban J connectivity index is 1.72. The van der Waals surface area contributed by atoms with E-state index in [1.54, 1.807) is 4.90 Å². The molecule has 31 heavy (non-hydrogen) atoms. The first-order valence-corrected chi connectivity index (χ1v) is 12.9. The lowest BCUT2D eigenvalue weighted by molar-refractivity contribution is -0.138. The van der Waals surface area contributed by atoms with E-state index < -0.39 is 21.7 Å². The number of carbonyl (C=O) groups is 2. The molecule has 2 saturated heterocycles. The maximum Gasteiger partial charge on any atom is 0.276 e. The van der Waals surface area contributed by atoms with Crippen LogP contribution >= 0.6 is 0 Å². The third-order valence-electron chi connectivity index (χ3n) is 5.62. The quantitative estimate of drug-likeness (QED) is 0.704. The van der Waals surface area contributed by atoms with Crippen LogP contribution in [-0.4, -0.2) is 68.1 Å². The molecule has 0 saturated carbocycles. The van der Waals surface area contributed by atoms with Crippen molar-refractivity contribution in [2.45, 2.75) is 66.3 Å². The van der Waals surface area contributed by atoms with Gasteiger partial charge in [-0.2, -0.15) is 4.36 Å². The van der Waals surface area contributed by atoms with Crippen molar-refractivity contribution in [3.8, 4) is 0 Å². The van der Waals surface area contributed by atoms with Crippen LogP contribution in [0.25, 0.3) is 0 Å². The van der Waals surface area contributed by atoms with Gasteiger partial charge in [0.25, 0.3) is 5.91 Å². The summed E-state index contributed by atoms with van der Waals surface area (Å²) in [4.78, 5) is 38.4. The maximum absolute atomic E-state index is 13.5. The topological polar surface area (TPSA) is 95.8 Å². The van der Waals surface area contributed by atoms with Gasteiger partial charge in [-0.3, -0.25) is 9.59 Å². The lowest BCUT2D eigenvalue weighted by Crippen LogP contribution is -2.41. The van der Waals surface area contributed by atoms with Crippen molar-refractivity contribution in [1.29, 1.82) is 0 Å². The molecule has 0 bridgehead atoms. The monoisotopic (exact) mass is 449 g/mol. The molecule has 172 valence electrons. The summed E-state index contributed by atoms with van der Waals surface area (Å²) in [6, 6.07) is 1.35. The van der Waals surface area contributed by atoms with Gasteiger partial charge in [-0.05, 0) is 44.6 Å². The highest BCUT2D eigenvalue weighted by Gasteiger charge is 2.36. The molecule has 3 heterocycles. The van der Waals surface area contributed by atoms with Crippen molar-refractivity contribution in [3.05, 3.63) is 17.5 Å². The molecule has 3 rings (SSSR count). The van der Waals surface area contributed by atoms with Crippen molar-refractivity contribution in [1.82, 2.24) is 14.9 Å². The maximum atomic E-state index is 13.5. The number of carbonyl (C=O) groups excluding carboxylic acids is 2. The molecular formula is C22H35N5O3S. The Labute approximate surface area is 186 Å². The molecular weight excluding hydrogens is 414 g/mol. The van der Waals surface area contributed by atoms with Gasteiger partial charge < -0.3 is 9.80 Å². The molecule has 9 heteroatoms. The van der Waals surface area contributed by atoms with Crippen molar-refractivity contribution < 1.29 is 13.8 Å². The predicted octanol–water partition coefficient (Wildman–Crippen LogP) is 2.73. The molecule has 1 aromatic rings. The number of amides is 2. The Morgan fingerprint density at radius 1 is 1.10 bits per heavy atom. The predicted molar refractivity (Wildman–Crippen MR) is 122 cm³/mol. The largest absolute Gasteiger partial charge is 0.340 e. The second-order valence-electron chi connectivity index (χ2n) is 9.88. The fraction of sp³-hybridized carbons (Fsp3) is 0.727. The Bertz CT molecular complexity index is 942. The smallest absolute Gasteiger partial charge is 0.276 e. The Morgan fingerprint density at radius 2 is 1.77 bits per heavy atom. The third kappa shape index (κ3) is 6.24. The molecule has 0 aliphatic carbocycles. The minimum absolute atomic E-state index is 0.0208. The van der Waals surface area contributed by atoms with Gasteiger partial charge in [0, 0.05) is 48.9 Å². The Kier molecular flexibility index (Phi) is 7.03. The number of hydrogen-bond acceptors (Lipinski definition) is 6. The fourth-order valence-corrected chi connectivity index (χ4v) is 6.11. The van der Waals surface area contributed by atoms with Gasteiger partial charge in [0.05, 0.1) is 9.73 Å². The van der Waals surface area contributed by atoms with E-state index in [1.165, 1.54) is 0 Å². The molecule has 2 aliphatic rings. The standard InChI is InChI=1S/C22H35N5O3S/c1-16-14-17(2)24-21(23-16)26-9-7-12-31(30,13-11-26)25-20(29)18-8-6-10-27(18)19(28)15-22(3,4)5/h14,18H,6-13,15H2,1-5H3. The van der Waals surface area contributed by atoms with Gasteiger partial charge in [-0.1, -0.05) is 20.8 Å². The van der Waals surface area contributed by atoms with E-state index >= 15 is 0 Å². The zero-order chi connectivity index (χ0) is 22.8. The van der Waals surface area contributed by atoms with E-state index in [4.69, 9.17) is 0 Å². The Hall–Kier alpha value is -2.03. The second-order valence-corrected chi connectivity index (χ2v) is 12.4. The summed E-state index contributed by atoms with van der Waals surface area (Å²) in [6.07, 6.45) is 2.41. The highest BCUT2D eigenvalue weighted by molar-refractivity contribution is 7.93. The molecule has 2 aliphatic heterocycles. The van der Waals surface area contributed by atoms with Crippen LogP contribution < -0.4 is 4.90 Å². The van der Waals surface area contributed by atoms with Crippen LogP contribution in [0, 0.1) is 19.3 Å². The van der Waals surface area contributed by atoms with Crippen LogP contribution in [0.1, 0.15) is 57.8 Å². The molecule has 1 aromatic heterocycles. The number of aromatic nitrogens is 2. The first kappa shape index (κ1) is 23.6. The highest BCUT2D eigenvalue weighted by atomic mass is 32.2. The summed E-state index contributed by atoms with van der Waals surface area (Å²) >= 11 is 0. The summed E-state index contributed by atoms with van der Waals surface area (Å²) < 4.78 is 17.7. The summed E-state index contributed by atoms with van der Waals surface area (Å²) in [5, 5.41) is 0. The minimum atomic E-state index is -2.67.